The van der Waals surface area contributed by atoms with Crippen LogP contribution < -0.4 is 9.64 Å². The summed E-state index contributed by atoms with van der Waals surface area (Å²) in [7, 11) is 1.61. The van der Waals surface area contributed by atoms with Gasteiger partial charge in [0.2, 0.25) is 11.8 Å². The zero-order chi connectivity index (χ0) is 13.9. The summed E-state index contributed by atoms with van der Waals surface area (Å²) >= 11 is 1.69. The number of ether oxygens (including phenoxy) is 2. The van der Waals surface area contributed by atoms with Gasteiger partial charge < -0.3 is 14.4 Å². The molecule has 2 aromatic rings. The first kappa shape index (κ1) is 13.3. The van der Waals surface area contributed by atoms with Gasteiger partial charge in [-0.05, 0) is 29.3 Å². The van der Waals surface area contributed by atoms with E-state index in [0.29, 0.717) is 11.8 Å². The molecule has 0 aromatic carbocycles. The molecule has 0 spiro atoms. The Balaban J connectivity index is 1.82. The Bertz CT molecular complexity index is 561. The van der Waals surface area contributed by atoms with E-state index >= 15 is 0 Å². The van der Waals surface area contributed by atoms with E-state index in [1.807, 2.05) is 0 Å². The Morgan fingerprint density at radius 1 is 1.40 bits per heavy atom. The quantitative estimate of drug-likeness (QED) is 0.869. The monoisotopic (exact) mass is 291 g/mol. The Morgan fingerprint density at radius 3 is 3.05 bits per heavy atom. The highest BCUT2D eigenvalue weighted by Gasteiger charge is 2.28. The first-order valence-corrected chi connectivity index (χ1v) is 7.50. The second-order valence-electron chi connectivity index (χ2n) is 4.80. The lowest BCUT2D eigenvalue weighted by Crippen LogP contribution is -2.43. The molecule has 0 N–H and O–H groups in total. The molecule has 0 saturated carbocycles. The number of anilines is 1. The number of methoxy groups -OCH3 is 1. The van der Waals surface area contributed by atoms with Gasteiger partial charge in [-0.15, -0.1) is 0 Å². The van der Waals surface area contributed by atoms with Gasteiger partial charge in [0.25, 0.3) is 0 Å². The maximum atomic E-state index is 6.02. The van der Waals surface area contributed by atoms with Crippen molar-refractivity contribution in [3.8, 4) is 5.88 Å². The number of nitrogens with zero attached hydrogens (tertiary/aromatic N) is 3. The molecule has 2 aromatic heterocycles. The molecule has 1 fully saturated rings. The van der Waals surface area contributed by atoms with E-state index in [-0.39, 0.29) is 12.2 Å². The third-order valence-corrected chi connectivity index (χ3v) is 3.99. The summed E-state index contributed by atoms with van der Waals surface area (Å²) in [5.74, 6) is 1.28. The molecule has 0 radical (unpaired) electrons. The Labute approximate surface area is 122 Å². The van der Waals surface area contributed by atoms with Crippen molar-refractivity contribution in [3.05, 3.63) is 34.7 Å². The molecular formula is C14H17N3O2S. The maximum absolute atomic E-state index is 6.02. The number of hydrogen-bond donors (Lipinski definition) is 0. The summed E-state index contributed by atoms with van der Waals surface area (Å²) in [5.41, 5.74) is 1.22. The standard InChI is InChI=1S/C14H17N3O2S/c1-10-7-17(14-15-5-3-13(16-14)18-2)8-12(19-10)11-4-6-20-9-11/h3-6,9-10,12H,7-8H2,1-2H3/t10-,12-/m1/s1. The minimum absolute atomic E-state index is 0.0693. The molecule has 1 aliphatic rings. The Morgan fingerprint density at radius 2 is 2.30 bits per heavy atom. The number of morpholine rings is 1. The van der Waals surface area contributed by atoms with Gasteiger partial charge in [0, 0.05) is 18.8 Å². The molecule has 3 heterocycles. The second kappa shape index (κ2) is 5.76. The lowest BCUT2D eigenvalue weighted by Gasteiger charge is -2.36. The van der Waals surface area contributed by atoms with E-state index in [2.05, 4.69) is 38.6 Å². The van der Waals surface area contributed by atoms with Crippen LogP contribution in [0.1, 0.15) is 18.6 Å². The van der Waals surface area contributed by atoms with Crippen LogP contribution in [0.5, 0.6) is 5.88 Å². The van der Waals surface area contributed by atoms with Gasteiger partial charge in [-0.25, -0.2) is 4.98 Å². The highest BCUT2D eigenvalue weighted by atomic mass is 32.1. The van der Waals surface area contributed by atoms with Gasteiger partial charge in [-0.2, -0.15) is 16.3 Å². The third kappa shape index (κ3) is 2.76. The van der Waals surface area contributed by atoms with Crippen molar-refractivity contribution in [2.24, 2.45) is 0 Å². The largest absolute Gasteiger partial charge is 0.481 e. The fourth-order valence-electron chi connectivity index (χ4n) is 2.36. The molecule has 0 aliphatic carbocycles. The molecule has 0 unspecified atom stereocenters. The lowest BCUT2D eigenvalue weighted by atomic mass is 10.1. The van der Waals surface area contributed by atoms with E-state index < -0.39 is 0 Å². The van der Waals surface area contributed by atoms with Crippen LogP contribution >= 0.6 is 11.3 Å². The third-order valence-electron chi connectivity index (χ3n) is 3.28. The van der Waals surface area contributed by atoms with Crippen molar-refractivity contribution < 1.29 is 9.47 Å². The fraction of sp³-hybridized carbons (Fsp3) is 0.429. The van der Waals surface area contributed by atoms with Gasteiger partial charge in [-0.3, -0.25) is 0 Å². The molecule has 20 heavy (non-hydrogen) atoms. The van der Waals surface area contributed by atoms with Gasteiger partial charge in [-0.1, -0.05) is 0 Å². The first-order chi connectivity index (χ1) is 9.76. The molecule has 5 nitrogen and oxygen atoms in total. The minimum Gasteiger partial charge on any atom is -0.481 e. The van der Waals surface area contributed by atoms with Crippen molar-refractivity contribution in [2.75, 3.05) is 25.1 Å². The van der Waals surface area contributed by atoms with Crippen molar-refractivity contribution in [3.63, 3.8) is 0 Å². The average molecular weight is 291 g/mol. The Kier molecular flexibility index (Phi) is 3.84. The molecule has 1 saturated heterocycles. The number of hydrogen-bond acceptors (Lipinski definition) is 6. The van der Waals surface area contributed by atoms with Crippen LogP contribution in [0.3, 0.4) is 0 Å². The molecule has 6 heteroatoms. The van der Waals surface area contributed by atoms with E-state index in [1.54, 1.807) is 30.7 Å². The molecule has 106 valence electrons. The van der Waals surface area contributed by atoms with Crippen LogP contribution in [0.15, 0.2) is 29.1 Å². The highest BCUT2D eigenvalue weighted by Crippen LogP contribution is 2.28. The summed E-state index contributed by atoms with van der Waals surface area (Å²) in [6.45, 7) is 3.62. The zero-order valence-corrected chi connectivity index (χ0v) is 12.3. The SMILES string of the molecule is COc1ccnc(N2C[C@@H](C)O[C@@H](c3ccsc3)C2)n1. The molecule has 2 atom stereocenters. The molecular weight excluding hydrogens is 274 g/mol. The van der Waals surface area contributed by atoms with Gasteiger partial charge in [0.05, 0.1) is 19.8 Å². The lowest BCUT2D eigenvalue weighted by molar-refractivity contribution is -0.0176. The smallest absolute Gasteiger partial charge is 0.228 e. The highest BCUT2D eigenvalue weighted by molar-refractivity contribution is 7.07. The molecule has 3 rings (SSSR count). The summed E-state index contributed by atoms with van der Waals surface area (Å²) in [6, 6.07) is 3.86. The minimum atomic E-state index is 0.0693. The van der Waals surface area contributed by atoms with Gasteiger partial charge in [0.1, 0.15) is 6.10 Å². The van der Waals surface area contributed by atoms with E-state index in [0.717, 1.165) is 13.1 Å². The van der Waals surface area contributed by atoms with Crippen LogP contribution in [-0.4, -0.2) is 36.3 Å². The second-order valence-corrected chi connectivity index (χ2v) is 5.58. The predicted octanol–water partition coefficient (Wildman–Crippen LogP) is 2.51. The van der Waals surface area contributed by atoms with Crippen LogP contribution in [0.25, 0.3) is 0 Å². The van der Waals surface area contributed by atoms with E-state index in [4.69, 9.17) is 9.47 Å². The van der Waals surface area contributed by atoms with Crippen LogP contribution in [0.4, 0.5) is 5.95 Å². The maximum Gasteiger partial charge on any atom is 0.228 e. The topological polar surface area (TPSA) is 47.5 Å². The van der Waals surface area contributed by atoms with Crippen molar-refractivity contribution in [1.29, 1.82) is 0 Å². The van der Waals surface area contributed by atoms with E-state index in [1.165, 1.54) is 5.56 Å². The van der Waals surface area contributed by atoms with Crippen molar-refractivity contribution in [1.82, 2.24) is 9.97 Å². The summed E-state index contributed by atoms with van der Waals surface area (Å²) in [4.78, 5) is 10.9. The summed E-state index contributed by atoms with van der Waals surface area (Å²) in [5, 5.41) is 4.21. The van der Waals surface area contributed by atoms with Crippen molar-refractivity contribution in [2.45, 2.75) is 19.1 Å². The van der Waals surface area contributed by atoms with Crippen LogP contribution in [-0.2, 0) is 4.74 Å². The van der Waals surface area contributed by atoms with Crippen molar-refractivity contribution >= 4 is 17.3 Å². The summed E-state index contributed by atoms with van der Waals surface area (Å²) in [6.07, 6.45) is 1.93. The number of rotatable bonds is 3. The van der Waals surface area contributed by atoms with Gasteiger partial charge >= 0.3 is 0 Å². The predicted molar refractivity (Wildman–Crippen MR) is 78.4 cm³/mol. The molecule has 1 aliphatic heterocycles. The normalized spacial score (nSPS) is 22.8. The van der Waals surface area contributed by atoms with Crippen LogP contribution in [0.2, 0.25) is 0 Å². The van der Waals surface area contributed by atoms with Gasteiger partial charge in [0.15, 0.2) is 0 Å². The van der Waals surface area contributed by atoms with Crippen LogP contribution in [0, 0.1) is 0 Å². The number of thiophene rings is 1. The Hall–Kier alpha value is -1.66. The fourth-order valence-corrected chi connectivity index (χ4v) is 3.06. The molecule has 0 amide bonds. The zero-order valence-electron chi connectivity index (χ0n) is 11.5. The number of aromatic nitrogens is 2. The molecule has 0 bridgehead atoms. The first-order valence-electron chi connectivity index (χ1n) is 6.56. The summed E-state index contributed by atoms with van der Waals surface area (Å²) < 4.78 is 11.2. The van der Waals surface area contributed by atoms with E-state index in [9.17, 15) is 0 Å². The average Bonchev–Trinajstić information content (AvgIpc) is 3.01.